The average Bonchev–Trinajstić information content (AvgIpc) is 2.87. The fourth-order valence-electron chi connectivity index (χ4n) is 3.57. The lowest BCUT2D eigenvalue weighted by Crippen LogP contribution is -2.44. The number of benzene rings is 3. The first-order valence-corrected chi connectivity index (χ1v) is 11.8. The minimum atomic E-state index is -0.575. The van der Waals surface area contributed by atoms with Crippen LogP contribution in [0.3, 0.4) is 0 Å². The van der Waals surface area contributed by atoms with Gasteiger partial charge in [-0.2, -0.15) is 0 Å². The highest BCUT2D eigenvalue weighted by molar-refractivity contribution is 5.98. The lowest BCUT2D eigenvalue weighted by molar-refractivity contribution is -0.124. The highest BCUT2D eigenvalue weighted by atomic mass is 16.5. The molecule has 0 aliphatic rings. The van der Waals surface area contributed by atoms with Crippen LogP contribution in [-0.2, 0) is 9.59 Å². The van der Waals surface area contributed by atoms with E-state index in [1.165, 1.54) is 24.3 Å². The summed E-state index contributed by atoms with van der Waals surface area (Å²) in [5.41, 5.74) is 13.6. The highest BCUT2D eigenvalue weighted by Gasteiger charge is 2.12. The van der Waals surface area contributed by atoms with Crippen LogP contribution in [0.1, 0.15) is 43.0 Å². The van der Waals surface area contributed by atoms with Gasteiger partial charge >= 0.3 is 0 Å². The topological polar surface area (TPSA) is 135 Å². The molecule has 4 amide bonds. The summed E-state index contributed by atoms with van der Waals surface area (Å²) in [5, 5.41) is 0. The molecule has 3 rings (SSSR count). The van der Waals surface area contributed by atoms with Crippen LogP contribution >= 0.6 is 0 Å². The molecule has 0 atom stereocenters. The van der Waals surface area contributed by atoms with Crippen molar-refractivity contribution in [2.24, 2.45) is 0 Å². The Bertz CT molecular complexity index is 1190. The van der Waals surface area contributed by atoms with Crippen molar-refractivity contribution in [1.82, 2.24) is 21.7 Å². The van der Waals surface area contributed by atoms with Crippen molar-refractivity contribution in [3.05, 3.63) is 94.0 Å². The first-order valence-electron chi connectivity index (χ1n) is 11.8. The Morgan fingerprint density at radius 3 is 1.16 bits per heavy atom. The van der Waals surface area contributed by atoms with Crippen LogP contribution in [0.4, 0.5) is 0 Å². The Kier molecular flexibility index (Phi) is 9.42. The predicted octanol–water partition coefficient (Wildman–Crippen LogP) is 2.60. The lowest BCUT2D eigenvalue weighted by Gasteiger charge is -2.11. The lowest BCUT2D eigenvalue weighted by atomic mass is 10.1. The molecule has 3 aromatic carbocycles. The number of carbonyl (C=O) groups excluding carboxylic acids is 4. The Morgan fingerprint density at radius 1 is 0.526 bits per heavy atom. The highest BCUT2D eigenvalue weighted by Crippen LogP contribution is 2.16. The van der Waals surface area contributed by atoms with Gasteiger partial charge in [-0.25, -0.2) is 0 Å². The van der Waals surface area contributed by atoms with Gasteiger partial charge in [-0.05, 0) is 98.5 Å². The number of hydrogen-bond acceptors (Lipinski definition) is 6. The summed E-state index contributed by atoms with van der Waals surface area (Å²) in [6.07, 6.45) is 0. The molecule has 198 valence electrons. The van der Waals surface area contributed by atoms with Crippen molar-refractivity contribution in [3.8, 4) is 11.5 Å². The molecule has 0 aromatic heterocycles. The second kappa shape index (κ2) is 12.9. The summed E-state index contributed by atoms with van der Waals surface area (Å²) in [4.78, 5) is 48.6. The summed E-state index contributed by atoms with van der Waals surface area (Å²) in [6.45, 7) is 7.15. The molecule has 3 aromatic rings. The third-order valence-corrected chi connectivity index (χ3v) is 5.17. The van der Waals surface area contributed by atoms with E-state index in [0.29, 0.717) is 11.5 Å². The number of rotatable bonds is 8. The van der Waals surface area contributed by atoms with Gasteiger partial charge in [0.25, 0.3) is 23.6 Å². The number of aryl methyl sites for hydroxylation is 4. The molecule has 0 spiro atoms. The van der Waals surface area contributed by atoms with Gasteiger partial charge < -0.3 is 9.47 Å². The molecule has 0 bridgehead atoms. The third kappa shape index (κ3) is 8.66. The van der Waals surface area contributed by atoms with E-state index in [0.717, 1.165) is 22.3 Å². The van der Waals surface area contributed by atoms with Crippen LogP contribution in [0.5, 0.6) is 11.5 Å². The maximum Gasteiger partial charge on any atom is 0.276 e. The van der Waals surface area contributed by atoms with Gasteiger partial charge in [0.05, 0.1) is 0 Å². The van der Waals surface area contributed by atoms with Crippen LogP contribution < -0.4 is 31.2 Å². The minimum Gasteiger partial charge on any atom is -0.484 e. The number of ether oxygens (including phenoxy) is 2. The summed E-state index contributed by atoms with van der Waals surface area (Å²) >= 11 is 0. The molecule has 4 N–H and O–H groups in total. The molecular weight excluding hydrogens is 488 g/mol. The van der Waals surface area contributed by atoms with Crippen molar-refractivity contribution in [2.45, 2.75) is 27.7 Å². The largest absolute Gasteiger partial charge is 0.484 e. The minimum absolute atomic E-state index is 0.211. The fourth-order valence-corrected chi connectivity index (χ4v) is 3.57. The first kappa shape index (κ1) is 27.7. The van der Waals surface area contributed by atoms with Gasteiger partial charge in [0.2, 0.25) is 0 Å². The van der Waals surface area contributed by atoms with E-state index < -0.39 is 23.6 Å². The van der Waals surface area contributed by atoms with E-state index in [2.05, 4.69) is 21.7 Å². The average molecular weight is 519 g/mol. The van der Waals surface area contributed by atoms with Crippen LogP contribution in [0.2, 0.25) is 0 Å². The normalized spacial score (nSPS) is 10.2. The van der Waals surface area contributed by atoms with Crippen molar-refractivity contribution in [2.75, 3.05) is 13.2 Å². The summed E-state index contributed by atoms with van der Waals surface area (Å²) in [7, 11) is 0. The Balaban J connectivity index is 1.40. The molecule has 0 saturated heterocycles. The predicted molar refractivity (Wildman–Crippen MR) is 140 cm³/mol. The SMILES string of the molecule is Cc1cc(C)cc(OCC(=O)NNC(=O)c2ccc(C(=O)NNC(=O)COc3cc(C)cc(C)c3)cc2)c1. The van der Waals surface area contributed by atoms with E-state index in [1.807, 2.05) is 64.1 Å². The second-order valence-corrected chi connectivity index (χ2v) is 8.81. The molecule has 38 heavy (non-hydrogen) atoms. The molecule has 0 fully saturated rings. The van der Waals surface area contributed by atoms with Crippen molar-refractivity contribution >= 4 is 23.6 Å². The number of carbonyl (C=O) groups is 4. The first-order chi connectivity index (χ1) is 18.1. The van der Waals surface area contributed by atoms with Gasteiger partial charge in [0.1, 0.15) is 11.5 Å². The fraction of sp³-hybridized carbons (Fsp3) is 0.214. The van der Waals surface area contributed by atoms with E-state index in [9.17, 15) is 19.2 Å². The molecular formula is C28H30N4O6. The van der Waals surface area contributed by atoms with Crippen LogP contribution in [0, 0.1) is 27.7 Å². The smallest absolute Gasteiger partial charge is 0.276 e. The van der Waals surface area contributed by atoms with Gasteiger partial charge in [-0.3, -0.25) is 40.9 Å². The molecule has 0 aliphatic carbocycles. The van der Waals surface area contributed by atoms with Gasteiger partial charge in [-0.1, -0.05) is 12.1 Å². The molecule has 0 saturated carbocycles. The number of amides is 4. The standard InChI is InChI=1S/C28H30N4O6/c1-17-9-18(2)12-23(11-17)37-15-25(33)29-31-27(35)21-5-7-22(8-6-21)28(36)32-30-26(34)16-38-24-13-19(3)10-20(4)14-24/h5-14H,15-16H2,1-4H3,(H,29,33)(H,30,34)(H,31,35)(H,32,36). The monoisotopic (exact) mass is 518 g/mol. The molecule has 0 aliphatic heterocycles. The maximum atomic E-state index is 12.3. The molecule has 0 heterocycles. The van der Waals surface area contributed by atoms with E-state index in [1.54, 1.807) is 0 Å². The summed E-state index contributed by atoms with van der Waals surface area (Å²) in [5.74, 6) is -1.11. The van der Waals surface area contributed by atoms with E-state index >= 15 is 0 Å². The quantitative estimate of drug-likeness (QED) is 0.339. The van der Waals surface area contributed by atoms with Crippen LogP contribution in [0.15, 0.2) is 60.7 Å². The number of nitrogens with one attached hydrogen (secondary N) is 4. The van der Waals surface area contributed by atoms with Gasteiger partial charge in [0.15, 0.2) is 13.2 Å². The number of hydrazine groups is 2. The molecule has 0 radical (unpaired) electrons. The summed E-state index contributed by atoms with van der Waals surface area (Å²) in [6, 6.07) is 16.8. The molecule has 10 heteroatoms. The van der Waals surface area contributed by atoms with E-state index in [4.69, 9.17) is 9.47 Å². The van der Waals surface area contributed by atoms with Crippen molar-refractivity contribution in [1.29, 1.82) is 0 Å². The number of hydrogen-bond donors (Lipinski definition) is 4. The molecule has 10 nitrogen and oxygen atoms in total. The third-order valence-electron chi connectivity index (χ3n) is 5.17. The Hall–Kier alpha value is -4.86. The zero-order valence-corrected chi connectivity index (χ0v) is 21.6. The Morgan fingerprint density at radius 2 is 0.842 bits per heavy atom. The Labute approximate surface area is 220 Å². The molecule has 0 unspecified atom stereocenters. The van der Waals surface area contributed by atoms with Crippen LogP contribution in [-0.4, -0.2) is 36.8 Å². The second-order valence-electron chi connectivity index (χ2n) is 8.81. The van der Waals surface area contributed by atoms with Crippen molar-refractivity contribution < 1.29 is 28.7 Å². The maximum absolute atomic E-state index is 12.3. The van der Waals surface area contributed by atoms with Gasteiger partial charge in [0, 0.05) is 11.1 Å². The summed E-state index contributed by atoms with van der Waals surface area (Å²) < 4.78 is 10.9. The van der Waals surface area contributed by atoms with E-state index in [-0.39, 0.29) is 24.3 Å². The zero-order chi connectivity index (χ0) is 27.7. The van der Waals surface area contributed by atoms with Crippen LogP contribution in [0.25, 0.3) is 0 Å². The zero-order valence-electron chi connectivity index (χ0n) is 21.6. The van der Waals surface area contributed by atoms with Gasteiger partial charge in [-0.15, -0.1) is 0 Å². The van der Waals surface area contributed by atoms with Crippen molar-refractivity contribution in [3.63, 3.8) is 0 Å².